The van der Waals surface area contributed by atoms with Crippen LogP contribution in [0.2, 0.25) is 0 Å². The number of hydrogen-bond donors (Lipinski definition) is 2. The Hall–Kier alpha value is -1.32. The molecule has 128 valence electrons. The van der Waals surface area contributed by atoms with Crippen molar-refractivity contribution in [3.05, 3.63) is 11.4 Å². The predicted octanol–water partition coefficient (Wildman–Crippen LogP) is 3.73. The number of aliphatic carboxylic acids is 1. The maximum atomic E-state index is 13.7. The minimum Gasteiger partial charge on any atom is -0.476 e. The highest BCUT2D eigenvalue weighted by molar-refractivity contribution is 5.85. The second-order valence-corrected chi connectivity index (χ2v) is 5.07. The van der Waals surface area contributed by atoms with Crippen LogP contribution in [0.25, 0.3) is 0 Å². The molecule has 3 nitrogen and oxygen atoms in total. The summed E-state index contributed by atoms with van der Waals surface area (Å²) < 4.78 is 90.8. The lowest BCUT2D eigenvalue weighted by Gasteiger charge is -2.38. The van der Waals surface area contributed by atoms with Crippen LogP contribution in [-0.2, 0) is 4.79 Å². The minimum atomic E-state index is -6.30. The van der Waals surface area contributed by atoms with Gasteiger partial charge in [-0.3, -0.25) is 0 Å². The molecule has 1 fully saturated rings. The minimum absolute atomic E-state index is 0.215. The fraction of sp³-hybridized carbons (Fsp3) is 0.750. The second kappa shape index (κ2) is 6.05. The van der Waals surface area contributed by atoms with Gasteiger partial charge in [0.2, 0.25) is 5.83 Å². The molecule has 0 radical (unpaired) electrons. The van der Waals surface area contributed by atoms with Crippen LogP contribution in [0.3, 0.4) is 0 Å². The molecule has 0 spiro atoms. The van der Waals surface area contributed by atoms with E-state index in [0.717, 1.165) is 0 Å². The molecule has 0 aromatic heterocycles. The molecule has 22 heavy (non-hydrogen) atoms. The summed E-state index contributed by atoms with van der Waals surface area (Å²) in [7, 11) is 0. The summed E-state index contributed by atoms with van der Waals surface area (Å²) in [4.78, 5) is 10.6. The molecule has 10 heteroatoms. The van der Waals surface area contributed by atoms with Crippen molar-refractivity contribution in [3.63, 3.8) is 0 Å². The van der Waals surface area contributed by atoms with Crippen LogP contribution in [0.15, 0.2) is 11.4 Å². The lowest BCUT2D eigenvalue weighted by Crippen LogP contribution is -2.60. The second-order valence-electron chi connectivity index (χ2n) is 5.07. The summed E-state index contributed by atoms with van der Waals surface area (Å²) in [6.45, 7) is 0. The zero-order valence-corrected chi connectivity index (χ0v) is 11.1. The van der Waals surface area contributed by atoms with Crippen molar-refractivity contribution in [2.45, 2.75) is 50.1 Å². The van der Waals surface area contributed by atoms with Crippen molar-refractivity contribution in [2.75, 3.05) is 0 Å². The third-order valence-electron chi connectivity index (χ3n) is 3.65. The first-order valence-corrected chi connectivity index (χ1v) is 6.33. The number of alkyl halides is 6. The topological polar surface area (TPSA) is 57.5 Å². The van der Waals surface area contributed by atoms with Crippen molar-refractivity contribution in [2.24, 2.45) is 5.92 Å². The highest BCUT2D eigenvalue weighted by Crippen LogP contribution is 2.52. The number of rotatable bonds is 3. The third-order valence-corrected chi connectivity index (χ3v) is 3.65. The SMILES string of the molecule is O=C(O)C(F)=C(C1CCCCC1)C(O)(C(F)(F)F)C(F)(F)F. The van der Waals surface area contributed by atoms with Crippen LogP contribution in [-0.4, -0.2) is 34.1 Å². The molecule has 0 atom stereocenters. The zero-order valence-electron chi connectivity index (χ0n) is 11.1. The molecular weight excluding hydrogens is 325 g/mol. The van der Waals surface area contributed by atoms with E-state index in [9.17, 15) is 40.6 Å². The van der Waals surface area contributed by atoms with E-state index in [-0.39, 0.29) is 25.7 Å². The molecular formula is C12H13F7O3. The summed E-state index contributed by atoms with van der Waals surface area (Å²) in [5.74, 6) is -6.82. The predicted molar refractivity (Wildman–Crippen MR) is 59.4 cm³/mol. The van der Waals surface area contributed by atoms with Gasteiger partial charge in [0.15, 0.2) is 0 Å². The number of hydrogen-bond acceptors (Lipinski definition) is 2. The lowest BCUT2D eigenvalue weighted by molar-refractivity contribution is -0.354. The molecule has 0 aromatic rings. The van der Waals surface area contributed by atoms with Gasteiger partial charge >= 0.3 is 18.3 Å². The molecule has 1 rings (SSSR count). The Labute approximate surface area is 120 Å². The summed E-state index contributed by atoms with van der Waals surface area (Å²) >= 11 is 0. The van der Waals surface area contributed by atoms with E-state index in [2.05, 4.69) is 0 Å². The number of carbonyl (C=O) groups is 1. The number of carboxylic acid groups (broad SMARTS) is 1. The van der Waals surface area contributed by atoms with Crippen molar-refractivity contribution < 1.29 is 45.7 Å². The van der Waals surface area contributed by atoms with Crippen molar-refractivity contribution in [3.8, 4) is 0 Å². The first kappa shape index (κ1) is 18.7. The fourth-order valence-corrected chi connectivity index (χ4v) is 2.61. The van der Waals surface area contributed by atoms with Gasteiger partial charge in [0.1, 0.15) is 0 Å². The summed E-state index contributed by atoms with van der Waals surface area (Å²) in [6.07, 6.45) is -12.2. The Kier molecular flexibility index (Phi) is 5.15. The zero-order chi connectivity index (χ0) is 17.3. The van der Waals surface area contributed by atoms with Gasteiger partial charge in [0.25, 0.3) is 5.60 Å². The van der Waals surface area contributed by atoms with E-state index < -0.39 is 41.2 Å². The maximum Gasteiger partial charge on any atom is 0.430 e. The average Bonchev–Trinajstić information content (AvgIpc) is 2.37. The maximum absolute atomic E-state index is 13.7. The van der Waals surface area contributed by atoms with Crippen molar-refractivity contribution in [1.82, 2.24) is 0 Å². The van der Waals surface area contributed by atoms with E-state index >= 15 is 0 Å². The van der Waals surface area contributed by atoms with E-state index in [1.807, 2.05) is 0 Å². The Bertz CT molecular complexity index is 444. The van der Waals surface area contributed by atoms with Crippen LogP contribution in [0.1, 0.15) is 32.1 Å². The molecule has 2 N–H and O–H groups in total. The Morgan fingerprint density at radius 1 is 0.909 bits per heavy atom. The third kappa shape index (κ3) is 3.21. The van der Waals surface area contributed by atoms with Gasteiger partial charge in [0, 0.05) is 5.57 Å². The molecule has 0 aliphatic heterocycles. The largest absolute Gasteiger partial charge is 0.476 e. The van der Waals surface area contributed by atoms with Gasteiger partial charge in [-0.1, -0.05) is 19.3 Å². The fourth-order valence-electron chi connectivity index (χ4n) is 2.61. The number of carboxylic acids is 1. The molecule has 0 aromatic carbocycles. The summed E-state index contributed by atoms with van der Waals surface area (Å²) in [6, 6.07) is 0. The van der Waals surface area contributed by atoms with Gasteiger partial charge in [-0.15, -0.1) is 0 Å². The summed E-state index contributed by atoms with van der Waals surface area (Å²) in [5, 5.41) is 17.8. The summed E-state index contributed by atoms with van der Waals surface area (Å²) in [5.41, 5.74) is -7.68. The Balaban J connectivity index is 3.59. The monoisotopic (exact) mass is 338 g/mol. The van der Waals surface area contributed by atoms with Gasteiger partial charge in [-0.2, -0.15) is 30.7 Å². The Morgan fingerprint density at radius 2 is 1.32 bits per heavy atom. The van der Waals surface area contributed by atoms with Crippen LogP contribution < -0.4 is 0 Å². The van der Waals surface area contributed by atoms with E-state index in [1.165, 1.54) is 0 Å². The van der Waals surface area contributed by atoms with E-state index in [1.54, 1.807) is 0 Å². The lowest BCUT2D eigenvalue weighted by atomic mass is 9.75. The molecule has 0 amide bonds. The molecule has 0 bridgehead atoms. The van der Waals surface area contributed by atoms with E-state index in [4.69, 9.17) is 5.11 Å². The van der Waals surface area contributed by atoms with Crippen LogP contribution in [0.5, 0.6) is 0 Å². The average molecular weight is 338 g/mol. The van der Waals surface area contributed by atoms with E-state index in [0.29, 0.717) is 6.42 Å². The number of halogens is 7. The standard InChI is InChI=1S/C12H13F7O3/c13-8(9(20)21)7(6-4-2-1-3-5-6)10(22,11(14,15)16)12(17,18)19/h6,22H,1-5H2,(H,20,21). The van der Waals surface area contributed by atoms with Crippen LogP contribution in [0.4, 0.5) is 30.7 Å². The van der Waals surface area contributed by atoms with Gasteiger partial charge in [0.05, 0.1) is 0 Å². The molecule has 1 aliphatic rings. The Morgan fingerprint density at radius 3 is 1.64 bits per heavy atom. The van der Waals surface area contributed by atoms with Gasteiger partial charge in [-0.25, -0.2) is 4.79 Å². The normalized spacial score (nSPS) is 19.8. The van der Waals surface area contributed by atoms with Crippen LogP contribution in [0, 0.1) is 5.92 Å². The molecule has 0 saturated heterocycles. The van der Waals surface area contributed by atoms with Gasteiger partial charge < -0.3 is 10.2 Å². The van der Waals surface area contributed by atoms with Gasteiger partial charge in [-0.05, 0) is 18.8 Å². The van der Waals surface area contributed by atoms with Crippen molar-refractivity contribution >= 4 is 5.97 Å². The van der Waals surface area contributed by atoms with Crippen LogP contribution >= 0.6 is 0 Å². The first-order valence-electron chi connectivity index (χ1n) is 6.33. The number of aliphatic hydroxyl groups is 1. The van der Waals surface area contributed by atoms with Crippen molar-refractivity contribution in [1.29, 1.82) is 0 Å². The highest BCUT2D eigenvalue weighted by Gasteiger charge is 2.74. The molecule has 0 unspecified atom stereocenters. The quantitative estimate of drug-likeness (QED) is 0.609. The molecule has 1 saturated carbocycles. The molecule has 1 aliphatic carbocycles. The molecule has 0 heterocycles. The smallest absolute Gasteiger partial charge is 0.430 e. The highest BCUT2D eigenvalue weighted by atomic mass is 19.4. The first-order chi connectivity index (χ1) is 9.84.